The van der Waals surface area contributed by atoms with E-state index in [4.69, 9.17) is 0 Å². The second kappa shape index (κ2) is 4.39. The number of pyridine rings is 1. The van der Waals surface area contributed by atoms with Crippen LogP contribution in [0.2, 0.25) is 0 Å². The Bertz CT molecular complexity index is 465. The van der Waals surface area contributed by atoms with Crippen molar-refractivity contribution in [2.75, 3.05) is 5.32 Å². The third-order valence-electron chi connectivity index (χ3n) is 1.97. The van der Waals surface area contributed by atoms with Crippen LogP contribution >= 0.6 is 0 Å². The summed E-state index contributed by atoms with van der Waals surface area (Å²) >= 11 is 0. The number of nitrogens with zero attached hydrogens (tertiary/aromatic N) is 3. The van der Waals surface area contributed by atoms with Crippen molar-refractivity contribution >= 4 is 11.5 Å². The fourth-order valence-electron chi connectivity index (χ4n) is 1.17. The third-order valence-corrected chi connectivity index (χ3v) is 1.97. The molecule has 2 N–H and O–H groups in total. The number of hydrogen-bond donors (Lipinski definition) is 2. The van der Waals surface area contributed by atoms with Crippen LogP contribution in [0.3, 0.4) is 0 Å². The lowest BCUT2D eigenvalue weighted by molar-refractivity contribution is -0.385. The zero-order valence-electron chi connectivity index (χ0n) is 8.25. The van der Waals surface area contributed by atoms with Gasteiger partial charge in [-0.3, -0.25) is 10.1 Å². The fourth-order valence-corrected chi connectivity index (χ4v) is 1.17. The van der Waals surface area contributed by atoms with Gasteiger partial charge in [-0.25, -0.2) is 9.97 Å². The monoisotopic (exact) mass is 219 g/mol. The van der Waals surface area contributed by atoms with Gasteiger partial charge in [-0.1, -0.05) is 0 Å². The maximum Gasteiger partial charge on any atom is 0.287 e. The van der Waals surface area contributed by atoms with E-state index in [0.717, 1.165) is 5.69 Å². The van der Waals surface area contributed by atoms with Crippen LogP contribution in [0.4, 0.5) is 11.5 Å². The van der Waals surface area contributed by atoms with Crippen molar-refractivity contribution in [2.45, 2.75) is 6.54 Å². The fraction of sp³-hybridized carbons (Fsp3) is 0.111. The average Bonchev–Trinajstić information content (AvgIpc) is 2.80. The van der Waals surface area contributed by atoms with Crippen molar-refractivity contribution in [1.82, 2.24) is 15.0 Å². The van der Waals surface area contributed by atoms with Crippen LogP contribution in [0.25, 0.3) is 0 Å². The van der Waals surface area contributed by atoms with Gasteiger partial charge in [-0.05, 0) is 6.07 Å². The Kier molecular flexibility index (Phi) is 2.77. The second-order valence-corrected chi connectivity index (χ2v) is 3.09. The number of hydrogen-bond acceptors (Lipinski definition) is 5. The van der Waals surface area contributed by atoms with Crippen LogP contribution in [-0.2, 0) is 6.54 Å². The maximum absolute atomic E-state index is 10.4. The summed E-state index contributed by atoms with van der Waals surface area (Å²) in [6, 6.07) is 2.97. The lowest BCUT2D eigenvalue weighted by Gasteiger charge is -2.02. The van der Waals surface area contributed by atoms with Gasteiger partial charge in [-0.2, -0.15) is 0 Å². The van der Waals surface area contributed by atoms with Gasteiger partial charge in [0.15, 0.2) is 0 Å². The Hall–Kier alpha value is -2.44. The van der Waals surface area contributed by atoms with Gasteiger partial charge in [-0.15, -0.1) is 0 Å². The molecule has 82 valence electrons. The molecule has 2 heterocycles. The van der Waals surface area contributed by atoms with Gasteiger partial charge in [0.2, 0.25) is 0 Å². The minimum absolute atomic E-state index is 0.0212. The average molecular weight is 219 g/mol. The first kappa shape index (κ1) is 10.1. The number of aromatic nitrogens is 3. The van der Waals surface area contributed by atoms with Crippen molar-refractivity contribution in [3.05, 3.63) is 46.7 Å². The van der Waals surface area contributed by atoms with E-state index in [1.807, 2.05) is 0 Å². The molecular weight excluding hydrogens is 210 g/mol. The Morgan fingerprint density at radius 1 is 1.44 bits per heavy atom. The van der Waals surface area contributed by atoms with Gasteiger partial charge in [0.1, 0.15) is 12.0 Å². The van der Waals surface area contributed by atoms with Gasteiger partial charge >= 0.3 is 0 Å². The molecule has 0 aliphatic rings. The molecular formula is C9H9N5O2. The number of aromatic amines is 1. The molecule has 0 radical (unpaired) electrons. The minimum Gasteiger partial charge on any atom is -0.364 e. The third kappa shape index (κ3) is 2.32. The Morgan fingerprint density at radius 2 is 2.31 bits per heavy atom. The van der Waals surface area contributed by atoms with E-state index in [-0.39, 0.29) is 5.69 Å². The maximum atomic E-state index is 10.4. The standard InChI is InChI=1S/C9H9N5O2/c15-14(16)8-1-2-9(12-5-8)11-4-7-3-10-6-13-7/h1-3,5-6H,4H2,(H,10,13)(H,11,12). The van der Waals surface area contributed by atoms with Crippen LogP contribution in [0.1, 0.15) is 5.69 Å². The first-order chi connectivity index (χ1) is 7.75. The van der Waals surface area contributed by atoms with Gasteiger partial charge in [0, 0.05) is 12.3 Å². The summed E-state index contributed by atoms with van der Waals surface area (Å²) in [6.07, 6.45) is 4.49. The summed E-state index contributed by atoms with van der Waals surface area (Å²) in [5.41, 5.74) is 0.896. The lowest BCUT2D eigenvalue weighted by Crippen LogP contribution is -2.01. The van der Waals surface area contributed by atoms with Crippen LogP contribution < -0.4 is 5.32 Å². The molecule has 0 saturated heterocycles. The van der Waals surface area contributed by atoms with E-state index in [2.05, 4.69) is 20.3 Å². The van der Waals surface area contributed by atoms with Gasteiger partial charge in [0.25, 0.3) is 5.69 Å². The van der Waals surface area contributed by atoms with Crippen LogP contribution in [0.5, 0.6) is 0 Å². The quantitative estimate of drug-likeness (QED) is 0.597. The first-order valence-corrected chi connectivity index (χ1v) is 4.57. The van der Waals surface area contributed by atoms with Crippen molar-refractivity contribution in [3.8, 4) is 0 Å². The molecule has 0 aliphatic heterocycles. The number of imidazole rings is 1. The number of rotatable bonds is 4. The smallest absolute Gasteiger partial charge is 0.287 e. The molecule has 2 rings (SSSR count). The van der Waals surface area contributed by atoms with Crippen LogP contribution in [0.15, 0.2) is 30.9 Å². The van der Waals surface area contributed by atoms with E-state index in [0.29, 0.717) is 12.4 Å². The molecule has 0 amide bonds. The molecule has 0 aliphatic carbocycles. The normalized spacial score (nSPS) is 10.0. The van der Waals surface area contributed by atoms with Crippen molar-refractivity contribution in [2.24, 2.45) is 0 Å². The molecule has 0 atom stereocenters. The van der Waals surface area contributed by atoms with Crippen LogP contribution in [-0.4, -0.2) is 19.9 Å². The van der Waals surface area contributed by atoms with Crippen molar-refractivity contribution in [3.63, 3.8) is 0 Å². The summed E-state index contributed by atoms with van der Waals surface area (Å²) in [5, 5.41) is 13.4. The molecule has 7 heteroatoms. The highest BCUT2D eigenvalue weighted by Gasteiger charge is 2.04. The van der Waals surface area contributed by atoms with E-state index >= 15 is 0 Å². The molecule has 0 saturated carbocycles. The van der Waals surface area contributed by atoms with E-state index in [9.17, 15) is 10.1 Å². The van der Waals surface area contributed by atoms with Gasteiger partial charge < -0.3 is 10.3 Å². The number of nitrogens with one attached hydrogen (secondary N) is 2. The Morgan fingerprint density at radius 3 is 2.88 bits per heavy atom. The van der Waals surface area contributed by atoms with E-state index in [1.165, 1.54) is 12.3 Å². The molecule has 0 aromatic carbocycles. The summed E-state index contributed by atoms with van der Waals surface area (Å²) in [6.45, 7) is 0.546. The summed E-state index contributed by atoms with van der Waals surface area (Å²) in [4.78, 5) is 20.6. The molecule has 16 heavy (non-hydrogen) atoms. The predicted molar refractivity (Wildman–Crippen MR) is 56.8 cm³/mol. The van der Waals surface area contributed by atoms with Crippen molar-refractivity contribution < 1.29 is 4.92 Å². The van der Waals surface area contributed by atoms with E-state index in [1.54, 1.807) is 18.6 Å². The Balaban J connectivity index is 1.98. The molecule has 0 spiro atoms. The molecule has 7 nitrogen and oxygen atoms in total. The topological polar surface area (TPSA) is 96.7 Å². The highest BCUT2D eigenvalue weighted by Crippen LogP contribution is 2.12. The molecule has 2 aromatic heterocycles. The SMILES string of the molecule is O=[N+]([O-])c1ccc(NCc2cnc[nH]2)nc1. The predicted octanol–water partition coefficient (Wildman–Crippen LogP) is 1.32. The number of nitro groups is 1. The summed E-state index contributed by atoms with van der Waals surface area (Å²) in [5.74, 6) is 0.584. The van der Waals surface area contributed by atoms with Gasteiger partial charge in [0.05, 0.1) is 23.5 Å². The molecule has 2 aromatic rings. The number of anilines is 1. The highest BCUT2D eigenvalue weighted by atomic mass is 16.6. The zero-order chi connectivity index (χ0) is 11.4. The Labute approximate surface area is 90.7 Å². The second-order valence-electron chi connectivity index (χ2n) is 3.09. The molecule has 0 fully saturated rings. The summed E-state index contributed by atoms with van der Waals surface area (Å²) < 4.78 is 0. The van der Waals surface area contributed by atoms with E-state index < -0.39 is 4.92 Å². The molecule has 0 unspecified atom stereocenters. The summed E-state index contributed by atoms with van der Waals surface area (Å²) in [7, 11) is 0. The highest BCUT2D eigenvalue weighted by molar-refractivity contribution is 5.40. The number of H-pyrrole nitrogens is 1. The van der Waals surface area contributed by atoms with Crippen molar-refractivity contribution in [1.29, 1.82) is 0 Å². The first-order valence-electron chi connectivity index (χ1n) is 4.57. The molecule has 0 bridgehead atoms. The van der Waals surface area contributed by atoms with Crippen LogP contribution in [0, 0.1) is 10.1 Å². The zero-order valence-corrected chi connectivity index (χ0v) is 8.25. The lowest BCUT2D eigenvalue weighted by atomic mass is 10.4. The largest absolute Gasteiger partial charge is 0.364 e. The minimum atomic E-state index is -0.480.